The van der Waals surface area contributed by atoms with Crippen molar-refractivity contribution in [3.8, 4) is 28.7 Å². The van der Waals surface area contributed by atoms with Crippen molar-refractivity contribution in [2.24, 2.45) is 47.2 Å². The van der Waals surface area contributed by atoms with Gasteiger partial charge in [0.1, 0.15) is 58.9 Å². The fourth-order valence-electron chi connectivity index (χ4n) is 15.6. The Kier molecular flexibility index (Phi) is 27.5. The number of aliphatic hydroxyl groups excluding tert-OH is 2. The highest BCUT2D eigenvalue weighted by Crippen LogP contribution is 2.51. The van der Waals surface area contributed by atoms with E-state index in [9.17, 15) is 63.6 Å². The summed E-state index contributed by atoms with van der Waals surface area (Å²) in [6.07, 6.45) is 10.1. The number of methoxy groups -OCH3 is 1. The smallest absolute Gasteiger partial charge is 0.410 e. The van der Waals surface area contributed by atoms with Crippen molar-refractivity contribution in [1.29, 1.82) is 0 Å². The average Bonchev–Trinajstić information content (AvgIpc) is 1.65. The molecule has 0 radical (unpaired) electrons. The molecule has 3 aromatic rings. The molecule has 7 aliphatic rings. The fourth-order valence-corrected chi connectivity index (χ4v) is 15.6. The number of phenolic OH excluding ortho intramolecular Hbond substituents is 2. The second-order valence-electron chi connectivity index (χ2n) is 30.7. The summed E-state index contributed by atoms with van der Waals surface area (Å²) in [6.45, 7) is 18.3. The number of anilines is 3. The van der Waals surface area contributed by atoms with Gasteiger partial charge in [-0.05, 0) is 107 Å². The number of aromatic nitrogens is 1. The number of benzene rings is 4. The largest absolute Gasteiger partial charge is 0.507 e. The number of piperidine rings is 2. The number of imide groups is 1. The van der Waals surface area contributed by atoms with Crippen molar-refractivity contribution in [1.82, 2.24) is 30.7 Å². The van der Waals surface area contributed by atoms with Gasteiger partial charge in [-0.15, -0.1) is 0 Å². The van der Waals surface area contributed by atoms with E-state index in [-0.39, 0.29) is 119 Å². The van der Waals surface area contributed by atoms with E-state index >= 15 is 9.59 Å². The van der Waals surface area contributed by atoms with E-state index in [0.29, 0.717) is 74.2 Å². The molecule has 0 aromatic heterocycles. The van der Waals surface area contributed by atoms with Crippen LogP contribution in [0.5, 0.6) is 17.2 Å². The third-order valence-corrected chi connectivity index (χ3v) is 22.4. The van der Waals surface area contributed by atoms with Gasteiger partial charge in [-0.2, -0.15) is 0 Å². The summed E-state index contributed by atoms with van der Waals surface area (Å²) in [6, 6.07) is 7.04. The number of esters is 1. The van der Waals surface area contributed by atoms with Crippen LogP contribution in [0.1, 0.15) is 148 Å². The number of hydrogen-bond donors (Lipinski definition) is 10. The number of nitrogens with one attached hydrogen (secondary N) is 5. The molecular weight excluding hydrogens is 1460 g/mol. The normalized spacial score (nSPS) is 24.3. The highest BCUT2D eigenvalue weighted by atomic mass is 16.7. The molecule has 11 atom stereocenters. The number of allylic oxidation sites excluding steroid dienone is 2. The topological polar surface area (TPSA) is 437 Å². The van der Waals surface area contributed by atoms with Gasteiger partial charge >= 0.3 is 23.9 Å². The number of nitrogens with zero attached hydrogens (tertiary/aromatic N) is 4. The number of primary amides is 1. The first-order valence-electron chi connectivity index (χ1n) is 38.6. The van der Waals surface area contributed by atoms with Gasteiger partial charge in [-0.25, -0.2) is 14.6 Å². The number of phenols is 2. The lowest BCUT2D eigenvalue weighted by Crippen LogP contribution is -2.54. The summed E-state index contributed by atoms with van der Waals surface area (Å²) in [5.41, 5.74) is 5.09. The minimum Gasteiger partial charge on any atom is -0.507 e. The summed E-state index contributed by atoms with van der Waals surface area (Å²) in [4.78, 5) is 156. The molecule has 6 heterocycles. The van der Waals surface area contributed by atoms with Crippen LogP contribution in [0.3, 0.4) is 0 Å². The first-order valence-corrected chi connectivity index (χ1v) is 38.6. The highest BCUT2D eigenvalue weighted by Gasteiger charge is 2.51. The van der Waals surface area contributed by atoms with Gasteiger partial charge in [0, 0.05) is 143 Å². The molecule has 0 saturated carbocycles. The van der Waals surface area contributed by atoms with Gasteiger partial charge in [0.05, 0.1) is 35.5 Å². The number of carbonyl (C=O) groups excluding carboxylic acids is 10. The molecule has 10 rings (SSSR count). The average molecular weight is 1570 g/mol. The Bertz CT molecular complexity index is 4580. The Morgan fingerprint density at radius 2 is 1.49 bits per heavy atom. The summed E-state index contributed by atoms with van der Waals surface area (Å²) in [7, 11) is 1.42. The molecule has 0 unspecified atom stereocenters. The Hall–Kier alpha value is -10.9. The molecule has 31 nitrogen and oxygen atoms in total. The van der Waals surface area contributed by atoms with Crippen molar-refractivity contribution in [3.05, 3.63) is 112 Å². The zero-order chi connectivity index (χ0) is 82.0. The lowest BCUT2D eigenvalue weighted by Gasteiger charge is -2.40. The number of aliphatic hydroxyl groups is 2. The van der Waals surface area contributed by atoms with Crippen LogP contribution in [0.25, 0.3) is 33.3 Å². The number of aromatic hydroxyl groups is 2. The SMILES string of the molecule is CO[C@H]1/C=C/O[C@@]2(C)Oc3c(C)c(O)c4c(=O)c(c5oc6cc(N7CCC(C8CCN(C(=O)OCc9ccc(NC(=O)[C@H](CCCNC(N)=O)NC(=O)[C@@H](NC(=O)CCCCCN%10C(=O)C=CC%10=O)C(C)C)cc9)CC8)CC7)cc(O)c6nc-5c4c3C2=O)NC(=O)/C(C)=C\C=C\[C@H](C)[C@H](O)[C@@H](C)[C@@H](O)[C@@H](C)[C@H](OC(C)=O)[C@@H]1C. The zero-order valence-electron chi connectivity index (χ0n) is 65.6. The third kappa shape index (κ3) is 19.4. The maximum Gasteiger partial charge on any atom is 0.410 e. The van der Waals surface area contributed by atoms with Gasteiger partial charge in [-0.1, -0.05) is 78.3 Å². The van der Waals surface area contributed by atoms with E-state index in [1.165, 1.54) is 65.4 Å². The number of unbranched alkanes of at least 4 members (excludes halogenated alkanes) is 2. The van der Waals surface area contributed by atoms with Gasteiger partial charge in [-0.3, -0.25) is 48.1 Å². The van der Waals surface area contributed by atoms with Crippen LogP contribution in [0.15, 0.2) is 93.9 Å². The molecule has 1 aliphatic carbocycles. The molecule has 9 amide bonds. The van der Waals surface area contributed by atoms with E-state index in [2.05, 4.69) is 31.5 Å². The quantitative estimate of drug-likeness (QED) is 0.0102. The fraction of sp³-hybridized carbons (Fsp3) is 0.512. The number of urea groups is 1. The van der Waals surface area contributed by atoms with Crippen molar-refractivity contribution in [2.45, 2.75) is 182 Å². The molecule has 4 bridgehead atoms. The van der Waals surface area contributed by atoms with Crippen molar-refractivity contribution in [3.63, 3.8) is 0 Å². The monoisotopic (exact) mass is 1560 g/mol. The lowest BCUT2D eigenvalue weighted by atomic mass is 9.78. The molecular formula is C82H104N10O21. The summed E-state index contributed by atoms with van der Waals surface area (Å²) in [5.74, 6) is -10.5. The lowest BCUT2D eigenvalue weighted by molar-refractivity contribution is -0.160. The second kappa shape index (κ2) is 36.7. The minimum absolute atomic E-state index is 0.00967. The standard InChI is InChI=1S/C82H104N10O21/c1-42(2)65(87-59(95)20-13-12-14-33-92-60(96)25-26-61(92)97)79(105)86-55(19-16-32-84-80(83)106)78(104)85-53-23-21-50(22-24-53)41-109-81(107)91-36-29-52(30-37-91)51-27-34-90(35-28-51)54-39-56(94)66-58(40-54)112-75-67(88-66)62-63-71(100)48(8)74-64(62)76(102)82(10,113-74)110-38-31-57(108-11)45(5)73(111-49(9)93)47(7)70(99)46(6)69(98)43(3)17-15-18-44(4)77(103)89-68(75)72(63)101/h15,17-18,21-26,31,38-40,42-43,45-47,51-52,55,57,65,69-70,73,94,98-100H,12-14,16,19-20,27-30,32-37,41H2,1-11H3,(H,85,104)(H,86,105)(H,87,95)(H,89,103)(H3,83,84,106)/b17-15+,38-31+,44-18-/t43-,45+,46+,47+,55-,57-,65-,69-,70+,73+,82-/m0/s1. The van der Waals surface area contributed by atoms with Crippen LogP contribution >= 0.6 is 0 Å². The van der Waals surface area contributed by atoms with Crippen LogP contribution in [0.2, 0.25) is 0 Å². The van der Waals surface area contributed by atoms with Crippen LogP contribution < -0.4 is 47.4 Å². The second-order valence-corrected chi connectivity index (χ2v) is 30.7. The molecule has 608 valence electrons. The first kappa shape index (κ1) is 84.5. The predicted molar refractivity (Wildman–Crippen MR) is 417 cm³/mol. The van der Waals surface area contributed by atoms with Crippen LogP contribution in [-0.2, 0) is 59.1 Å². The Balaban J connectivity index is 0.788. The van der Waals surface area contributed by atoms with E-state index < -0.39 is 130 Å². The maximum absolute atomic E-state index is 15.2. The van der Waals surface area contributed by atoms with Gasteiger partial charge in [0.2, 0.25) is 23.2 Å². The Labute approximate surface area is 654 Å². The van der Waals surface area contributed by atoms with Gasteiger partial charge < -0.3 is 90.6 Å². The van der Waals surface area contributed by atoms with Crippen molar-refractivity contribution < 1.29 is 96.5 Å². The van der Waals surface area contributed by atoms with Gasteiger partial charge in [0.25, 0.3) is 23.5 Å². The van der Waals surface area contributed by atoms with E-state index in [0.717, 1.165) is 30.6 Å². The summed E-state index contributed by atoms with van der Waals surface area (Å²) in [5, 5.41) is 60.3. The number of hydrogen-bond acceptors (Lipinski definition) is 23. The molecule has 11 N–H and O–H groups in total. The number of rotatable bonds is 22. The van der Waals surface area contributed by atoms with Crippen molar-refractivity contribution >= 4 is 98.3 Å². The maximum atomic E-state index is 15.2. The van der Waals surface area contributed by atoms with Crippen LogP contribution in [-0.4, -0.2) is 183 Å². The number of Topliss-reactive ketones (excluding diaryl/α,β-unsaturated/α-hetero) is 1. The van der Waals surface area contributed by atoms with E-state index in [4.69, 9.17) is 38.8 Å². The number of fused-ring (bicyclic) bond motifs is 2. The Morgan fingerprint density at radius 3 is 2.13 bits per heavy atom. The molecule has 3 aromatic carbocycles. The predicted octanol–water partition coefficient (Wildman–Crippen LogP) is 8.42. The molecule has 2 fully saturated rings. The molecule has 31 heteroatoms. The molecule has 113 heavy (non-hydrogen) atoms. The number of ketones is 1. The zero-order valence-corrected chi connectivity index (χ0v) is 65.6. The van der Waals surface area contributed by atoms with Crippen LogP contribution in [0, 0.1) is 48.3 Å². The summed E-state index contributed by atoms with van der Waals surface area (Å²) < 4.78 is 36.5. The first-order chi connectivity index (χ1) is 53.7. The number of nitrogens with two attached hydrogens (primary N) is 1. The molecule has 0 spiro atoms. The molecule has 2 saturated heterocycles. The number of amides is 9. The number of carbonyl (C=O) groups is 10. The minimum atomic E-state index is -2.15. The Morgan fingerprint density at radius 1 is 0.814 bits per heavy atom. The number of likely N-dealkylation sites (tertiary alicyclic amines) is 1. The van der Waals surface area contributed by atoms with Crippen LogP contribution in [0.4, 0.5) is 26.7 Å². The highest BCUT2D eigenvalue weighted by molar-refractivity contribution is 6.22. The number of ether oxygens (including phenoxy) is 5. The van der Waals surface area contributed by atoms with E-state index in [1.807, 2.05) is 0 Å². The summed E-state index contributed by atoms with van der Waals surface area (Å²) >= 11 is 0. The van der Waals surface area contributed by atoms with E-state index in [1.54, 1.807) is 95.0 Å². The van der Waals surface area contributed by atoms with Gasteiger partial charge in [0.15, 0.2) is 11.3 Å². The van der Waals surface area contributed by atoms with Crippen molar-refractivity contribution in [2.75, 3.05) is 61.9 Å². The third-order valence-electron chi connectivity index (χ3n) is 22.4. The molecule has 6 aliphatic heterocycles.